The van der Waals surface area contributed by atoms with Crippen LogP contribution in [0.15, 0.2) is 11.6 Å². The Balaban J connectivity index is 1.45. The minimum Gasteiger partial charge on any atom is -0.382 e. The number of ether oxygens (including phenoxy) is 1. The summed E-state index contributed by atoms with van der Waals surface area (Å²) in [6.07, 6.45) is 6.72. The summed E-state index contributed by atoms with van der Waals surface area (Å²) in [5.74, 6) is 2.27. The van der Waals surface area contributed by atoms with Crippen molar-refractivity contribution in [3.63, 3.8) is 0 Å². The third-order valence-electron chi connectivity index (χ3n) is 9.89. The molecule has 1 N–H and O–H groups in total. The van der Waals surface area contributed by atoms with E-state index < -0.39 is 5.60 Å². The van der Waals surface area contributed by atoms with E-state index in [1.54, 1.807) is 6.92 Å². The third kappa shape index (κ3) is 1.51. The van der Waals surface area contributed by atoms with Crippen LogP contribution in [0.5, 0.6) is 0 Å². The molecule has 4 nitrogen and oxygen atoms in total. The first-order valence-electron chi connectivity index (χ1n) is 10.4. The molecule has 4 heteroatoms. The first kappa shape index (κ1) is 16.0. The van der Waals surface area contributed by atoms with Crippen LogP contribution in [-0.4, -0.2) is 34.5 Å². The number of rotatable bonds is 1. The van der Waals surface area contributed by atoms with Gasteiger partial charge in [0.15, 0.2) is 11.6 Å². The lowest BCUT2D eigenvalue weighted by Gasteiger charge is -2.57. The molecule has 26 heavy (non-hydrogen) atoms. The largest absolute Gasteiger partial charge is 0.382 e. The molecule has 0 aromatic heterocycles. The second-order valence-corrected chi connectivity index (χ2v) is 10.5. The molecule has 4 saturated carbocycles. The zero-order chi connectivity index (χ0) is 18.2. The highest BCUT2D eigenvalue weighted by molar-refractivity contribution is 5.96. The maximum Gasteiger partial charge on any atom is 0.161 e. The lowest BCUT2D eigenvalue weighted by atomic mass is 9.46. The summed E-state index contributed by atoms with van der Waals surface area (Å²) in [4.78, 5) is 24.7. The van der Waals surface area contributed by atoms with Crippen molar-refractivity contribution in [2.45, 2.75) is 70.7 Å². The van der Waals surface area contributed by atoms with Gasteiger partial charge in [0.1, 0.15) is 11.7 Å². The minimum atomic E-state index is -1.17. The van der Waals surface area contributed by atoms with Crippen molar-refractivity contribution in [1.29, 1.82) is 0 Å². The maximum absolute atomic E-state index is 12.3. The van der Waals surface area contributed by atoms with Crippen LogP contribution in [0, 0.1) is 40.4 Å². The van der Waals surface area contributed by atoms with Gasteiger partial charge >= 0.3 is 0 Å². The lowest BCUT2D eigenvalue weighted by Crippen LogP contribution is -2.59. The number of carbonyl (C=O) groups excluding carboxylic acids is 2. The van der Waals surface area contributed by atoms with Crippen molar-refractivity contribution in [2.24, 2.45) is 40.4 Å². The Labute approximate surface area is 154 Å². The molecule has 10 atom stereocenters. The normalized spacial score (nSPS) is 61.5. The van der Waals surface area contributed by atoms with Crippen LogP contribution >= 0.6 is 0 Å². The molecule has 1 heterocycles. The molecule has 6 aliphatic rings. The molecule has 0 unspecified atom stereocenters. The second-order valence-electron chi connectivity index (χ2n) is 10.5. The number of epoxide rings is 1. The van der Waals surface area contributed by atoms with Crippen LogP contribution in [-0.2, 0) is 14.3 Å². The van der Waals surface area contributed by atoms with Crippen molar-refractivity contribution >= 4 is 11.6 Å². The second kappa shape index (κ2) is 4.35. The van der Waals surface area contributed by atoms with Crippen molar-refractivity contribution < 1.29 is 19.4 Å². The average molecular weight is 356 g/mol. The quantitative estimate of drug-likeness (QED) is 0.734. The Bertz CT molecular complexity index is 785. The van der Waals surface area contributed by atoms with Gasteiger partial charge < -0.3 is 9.84 Å². The Kier molecular flexibility index (Phi) is 2.68. The number of hydrogen-bond acceptors (Lipinski definition) is 4. The number of carbonyl (C=O) groups is 2. The van der Waals surface area contributed by atoms with Gasteiger partial charge in [0.05, 0.1) is 6.10 Å². The fourth-order valence-corrected chi connectivity index (χ4v) is 8.30. The topological polar surface area (TPSA) is 66.9 Å². The Morgan fingerprint density at radius 2 is 1.92 bits per heavy atom. The summed E-state index contributed by atoms with van der Waals surface area (Å²) < 4.78 is 6.19. The van der Waals surface area contributed by atoms with Crippen LogP contribution in [0.25, 0.3) is 0 Å². The van der Waals surface area contributed by atoms with Gasteiger partial charge in [-0.1, -0.05) is 13.8 Å². The first-order valence-corrected chi connectivity index (χ1v) is 10.4. The molecule has 0 radical (unpaired) electrons. The van der Waals surface area contributed by atoms with Crippen LogP contribution < -0.4 is 0 Å². The molecule has 0 bridgehead atoms. The molecular weight excluding hydrogens is 328 g/mol. The van der Waals surface area contributed by atoms with Gasteiger partial charge in [-0.25, -0.2) is 0 Å². The summed E-state index contributed by atoms with van der Waals surface area (Å²) >= 11 is 0. The van der Waals surface area contributed by atoms with E-state index in [-0.39, 0.29) is 34.7 Å². The molecule has 1 aliphatic heterocycles. The van der Waals surface area contributed by atoms with E-state index in [9.17, 15) is 14.7 Å². The Morgan fingerprint density at radius 1 is 1.19 bits per heavy atom. The van der Waals surface area contributed by atoms with Crippen LogP contribution in [0.3, 0.4) is 0 Å². The molecule has 5 fully saturated rings. The summed E-state index contributed by atoms with van der Waals surface area (Å²) in [6.45, 7) is 6.10. The molecule has 0 spiro atoms. The maximum atomic E-state index is 12.3. The summed E-state index contributed by atoms with van der Waals surface area (Å²) in [6, 6.07) is 0. The molecule has 0 amide bonds. The van der Waals surface area contributed by atoms with Gasteiger partial charge in [-0.3, -0.25) is 9.59 Å². The fourth-order valence-electron chi connectivity index (χ4n) is 8.30. The summed E-state index contributed by atoms with van der Waals surface area (Å²) in [5, 5.41) is 11.3. The molecule has 5 aliphatic carbocycles. The Hall–Kier alpha value is -1.00. The standard InChI is InChI=1S/C22H28O4/c1-10(23)22(25)7-5-12-17-13(4-6-20(12,22)2)21(3)14-8-11(14)16(24)9-15(21)18-19(17)26-18/h9,11-14,17-19,25H,4-8H2,1-3H3/t11-,12+,13+,14+,17+,18+,19-,20+,21+,22+/m1/s1. The highest BCUT2D eigenvalue weighted by Crippen LogP contribution is 2.74. The zero-order valence-corrected chi connectivity index (χ0v) is 15.8. The van der Waals surface area contributed by atoms with Gasteiger partial charge in [-0.15, -0.1) is 0 Å². The number of Topliss-reactive ketones (excluding diaryl/α,β-unsaturated/α-hetero) is 1. The molecule has 140 valence electrons. The van der Waals surface area contributed by atoms with Gasteiger partial charge in [-0.2, -0.15) is 0 Å². The monoisotopic (exact) mass is 356 g/mol. The number of ketones is 2. The Morgan fingerprint density at radius 3 is 2.65 bits per heavy atom. The zero-order valence-electron chi connectivity index (χ0n) is 15.8. The molecular formula is C22H28O4. The van der Waals surface area contributed by atoms with E-state index >= 15 is 0 Å². The average Bonchev–Trinajstić information content (AvgIpc) is 3.48. The third-order valence-corrected chi connectivity index (χ3v) is 9.89. The SMILES string of the molecule is CC(=O)[C@@]1(O)CC[C@H]2[C@@H]3[C@H]4O[C@H]4C4=CC(=O)[C@@H]5C[C@@H]5[C@]4(C)[C@H]3CC[C@@]21C. The number of aliphatic hydroxyl groups is 1. The van der Waals surface area contributed by atoms with E-state index in [1.165, 1.54) is 5.57 Å². The number of fused-ring (bicyclic) bond motifs is 10. The molecule has 1 saturated heterocycles. The highest BCUT2D eigenvalue weighted by Gasteiger charge is 2.75. The molecule has 6 rings (SSSR count). The van der Waals surface area contributed by atoms with Crippen molar-refractivity contribution in [1.82, 2.24) is 0 Å². The van der Waals surface area contributed by atoms with E-state index in [4.69, 9.17) is 4.74 Å². The van der Waals surface area contributed by atoms with Gasteiger partial charge in [-0.05, 0) is 79.8 Å². The molecule has 0 aromatic carbocycles. The van der Waals surface area contributed by atoms with Gasteiger partial charge in [0.25, 0.3) is 0 Å². The lowest BCUT2D eigenvalue weighted by molar-refractivity contribution is -0.160. The van der Waals surface area contributed by atoms with Gasteiger partial charge in [0, 0.05) is 11.3 Å². The fraction of sp³-hybridized carbons (Fsp3) is 0.818. The van der Waals surface area contributed by atoms with Crippen molar-refractivity contribution in [3.05, 3.63) is 11.6 Å². The predicted molar refractivity (Wildman–Crippen MR) is 94.1 cm³/mol. The summed E-state index contributed by atoms with van der Waals surface area (Å²) in [7, 11) is 0. The molecule has 0 aromatic rings. The highest BCUT2D eigenvalue weighted by atomic mass is 16.6. The summed E-state index contributed by atoms with van der Waals surface area (Å²) in [5.41, 5.74) is -0.147. The van der Waals surface area contributed by atoms with E-state index in [1.807, 2.05) is 6.08 Å². The predicted octanol–water partition coefficient (Wildman–Crippen LogP) is 2.68. The van der Waals surface area contributed by atoms with Crippen molar-refractivity contribution in [2.75, 3.05) is 0 Å². The van der Waals surface area contributed by atoms with E-state index in [0.29, 0.717) is 35.9 Å². The van der Waals surface area contributed by atoms with Gasteiger partial charge in [0.2, 0.25) is 0 Å². The van der Waals surface area contributed by atoms with Crippen LogP contribution in [0.1, 0.15) is 52.9 Å². The van der Waals surface area contributed by atoms with Crippen molar-refractivity contribution in [3.8, 4) is 0 Å². The first-order chi connectivity index (χ1) is 12.2. The minimum absolute atomic E-state index is 0.0673. The van der Waals surface area contributed by atoms with Crippen LogP contribution in [0.4, 0.5) is 0 Å². The number of hydrogen-bond donors (Lipinski definition) is 1. The van der Waals surface area contributed by atoms with E-state index in [2.05, 4.69) is 13.8 Å². The van der Waals surface area contributed by atoms with Crippen LogP contribution in [0.2, 0.25) is 0 Å². The van der Waals surface area contributed by atoms with E-state index in [0.717, 1.165) is 25.7 Å². The smallest absolute Gasteiger partial charge is 0.161 e.